The highest BCUT2D eigenvalue weighted by Crippen LogP contribution is 2.32. The van der Waals surface area contributed by atoms with Crippen molar-refractivity contribution in [3.05, 3.63) is 59.7 Å². The van der Waals surface area contributed by atoms with Gasteiger partial charge in [-0.1, -0.05) is 25.0 Å². The standard InChI is InChI=1S/C23H30N2O4S/c1-17(2)24-30(27,28)21-14-10-19(11-15-21)23(26)25-16-6-4-5-7-22(25)18-8-12-20(29-3)13-9-18/h8-15,17,22,24H,4-7,16H2,1-3H3/t22-/m1/s1. The van der Waals surface area contributed by atoms with Crippen LogP contribution in [0.2, 0.25) is 0 Å². The summed E-state index contributed by atoms with van der Waals surface area (Å²) in [7, 11) is -1.94. The van der Waals surface area contributed by atoms with Gasteiger partial charge in [0.25, 0.3) is 5.91 Å². The Hall–Kier alpha value is -2.38. The van der Waals surface area contributed by atoms with Gasteiger partial charge in [-0.05, 0) is 68.7 Å². The van der Waals surface area contributed by atoms with Crippen molar-refractivity contribution in [2.75, 3.05) is 13.7 Å². The van der Waals surface area contributed by atoms with Crippen LogP contribution in [0.3, 0.4) is 0 Å². The number of amides is 1. The molecule has 6 nitrogen and oxygen atoms in total. The minimum Gasteiger partial charge on any atom is -0.497 e. The van der Waals surface area contributed by atoms with Gasteiger partial charge < -0.3 is 9.64 Å². The van der Waals surface area contributed by atoms with Gasteiger partial charge in [0.05, 0.1) is 18.0 Å². The first-order valence-electron chi connectivity index (χ1n) is 10.4. The highest BCUT2D eigenvalue weighted by atomic mass is 32.2. The molecular weight excluding hydrogens is 400 g/mol. The van der Waals surface area contributed by atoms with Crippen LogP contribution in [0.1, 0.15) is 61.5 Å². The van der Waals surface area contributed by atoms with Crippen molar-refractivity contribution in [3.8, 4) is 5.75 Å². The molecule has 1 amide bonds. The number of sulfonamides is 1. The van der Waals surface area contributed by atoms with Crippen molar-refractivity contribution in [2.24, 2.45) is 0 Å². The number of rotatable bonds is 6. The lowest BCUT2D eigenvalue weighted by Gasteiger charge is -2.31. The van der Waals surface area contributed by atoms with Gasteiger partial charge in [0.15, 0.2) is 0 Å². The fraction of sp³-hybridized carbons (Fsp3) is 0.435. The summed E-state index contributed by atoms with van der Waals surface area (Å²) >= 11 is 0. The average molecular weight is 431 g/mol. The van der Waals surface area contributed by atoms with Gasteiger partial charge in [-0.25, -0.2) is 13.1 Å². The van der Waals surface area contributed by atoms with Crippen molar-refractivity contribution < 1.29 is 17.9 Å². The Balaban J connectivity index is 1.85. The number of hydrogen-bond acceptors (Lipinski definition) is 4. The lowest BCUT2D eigenvalue weighted by Crippen LogP contribution is -2.35. The summed E-state index contributed by atoms with van der Waals surface area (Å²) in [6.45, 7) is 4.23. The van der Waals surface area contributed by atoms with Crippen molar-refractivity contribution >= 4 is 15.9 Å². The summed E-state index contributed by atoms with van der Waals surface area (Å²) in [6, 6.07) is 13.9. The van der Waals surface area contributed by atoms with Crippen LogP contribution >= 0.6 is 0 Å². The molecular formula is C23H30N2O4S. The smallest absolute Gasteiger partial charge is 0.254 e. The zero-order valence-electron chi connectivity index (χ0n) is 17.8. The maximum atomic E-state index is 13.3. The monoisotopic (exact) mass is 430 g/mol. The van der Waals surface area contributed by atoms with Gasteiger partial charge in [0, 0.05) is 18.2 Å². The fourth-order valence-electron chi connectivity index (χ4n) is 3.84. The third-order valence-corrected chi connectivity index (χ3v) is 6.99. The number of nitrogens with zero attached hydrogens (tertiary/aromatic N) is 1. The molecule has 0 spiro atoms. The largest absolute Gasteiger partial charge is 0.497 e. The lowest BCUT2D eigenvalue weighted by atomic mass is 10.00. The Morgan fingerprint density at radius 2 is 1.70 bits per heavy atom. The first kappa shape index (κ1) is 22.3. The molecule has 1 heterocycles. The maximum Gasteiger partial charge on any atom is 0.254 e. The number of benzene rings is 2. The van der Waals surface area contributed by atoms with Crippen LogP contribution in [-0.2, 0) is 10.0 Å². The van der Waals surface area contributed by atoms with E-state index >= 15 is 0 Å². The SMILES string of the molecule is COc1ccc([C@H]2CCCCCN2C(=O)c2ccc(S(=O)(=O)NC(C)C)cc2)cc1. The summed E-state index contributed by atoms with van der Waals surface area (Å²) in [5.41, 5.74) is 1.59. The molecule has 2 aromatic rings. The number of likely N-dealkylation sites (tertiary alicyclic amines) is 1. The topological polar surface area (TPSA) is 75.7 Å². The van der Waals surface area contributed by atoms with E-state index in [1.165, 1.54) is 12.1 Å². The molecule has 2 aromatic carbocycles. The Bertz CT molecular complexity index is 954. The number of ether oxygens (including phenoxy) is 1. The quantitative estimate of drug-likeness (QED) is 0.747. The predicted molar refractivity (Wildman–Crippen MR) is 117 cm³/mol. The molecule has 1 saturated heterocycles. The Kier molecular flexibility index (Phi) is 7.15. The molecule has 0 unspecified atom stereocenters. The van der Waals surface area contributed by atoms with E-state index in [9.17, 15) is 13.2 Å². The van der Waals surface area contributed by atoms with Crippen molar-refractivity contribution in [1.82, 2.24) is 9.62 Å². The van der Waals surface area contributed by atoms with E-state index < -0.39 is 10.0 Å². The van der Waals surface area contributed by atoms with Gasteiger partial charge in [0.2, 0.25) is 10.0 Å². The second kappa shape index (κ2) is 9.62. The third kappa shape index (κ3) is 5.21. The molecule has 30 heavy (non-hydrogen) atoms. The molecule has 1 aliphatic heterocycles. The maximum absolute atomic E-state index is 13.3. The van der Waals surface area contributed by atoms with Gasteiger partial charge in [-0.3, -0.25) is 4.79 Å². The van der Waals surface area contributed by atoms with E-state index in [0.29, 0.717) is 12.1 Å². The first-order chi connectivity index (χ1) is 14.3. The van der Waals surface area contributed by atoms with Crippen molar-refractivity contribution in [1.29, 1.82) is 0 Å². The van der Waals surface area contributed by atoms with E-state index in [2.05, 4.69) is 4.72 Å². The van der Waals surface area contributed by atoms with Crippen molar-refractivity contribution in [3.63, 3.8) is 0 Å². The van der Waals surface area contributed by atoms with Crippen LogP contribution in [0.15, 0.2) is 53.4 Å². The molecule has 0 aliphatic carbocycles. The second-order valence-corrected chi connectivity index (χ2v) is 9.65. The van der Waals surface area contributed by atoms with Crippen LogP contribution in [0, 0.1) is 0 Å². The van der Waals surface area contributed by atoms with Crippen LogP contribution in [-0.4, -0.2) is 38.9 Å². The molecule has 1 N–H and O–H groups in total. The van der Waals surface area contributed by atoms with Crippen LogP contribution in [0.25, 0.3) is 0 Å². The highest BCUT2D eigenvalue weighted by Gasteiger charge is 2.28. The molecule has 162 valence electrons. The van der Waals surface area contributed by atoms with E-state index in [4.69, 9.17) is 4.74 Å². The summed E-state index contributed by atoms with van der Waals surface area (Å²) in [5, 5.41) is 0. The third-order valence-electron chi connectivity index (χ3n) is 5.32. The van der Waals surface area contributed by atoms with Gasteiger partial charge >= 0.3 is 0 Å². The average Bonchev–Trinajstić information content (AvgIpc) is 2.98. The molecule has 0 aromatic heterocycles. The summed E-state index contributed by atoms with van der Waals surface area (Å²) in [5.74, 6) is 0.718. The van der Waals surface area contributed by atoms with Crippen LogP contribution in [0.4, 0.5) is 0 Å². The fourth-order valence-corrected chi connectivity index (χ4v) is 5.10. The molecule has 0 bridgehead atoms. The normalized spacial score (nSPS) is 17.6. The Labute approximate surface area is 179 Å². The minimum atomic E-state index is -3.58. The summed E-state index contributed by atoms with van der Waals surface area (Å²) in [4.78, 5) is 15.4. The summed E-state index contributed by atoms with van der Waals surface area (Å²) in [6.07, 6.45) is 4.03. The Morgan fingerprint density at radius 1 is 1.03 bits per heavy atom. The van der Waals surface area contributed by atoms with E-state index in [0.717, 1.165) is 37.0 Å². The van der Waals surface area contributed by atoms with Crippen molar-refractivity contribution in [2.45, 2.75) is 56.5 Å². The molecule has 1 aliphatic rings. The second-order valence-electron chi connectivity index (χ2n) is 7.94. The van der Waals surface area contributed by atoms with Gasteiger partial charge in [-0.15, -0.1) is 0 Å². The Morgan fingerprint density at radius 3 is 2.30 bits per heavy atom. The molecule has 3 rings (SSSR count). The lowest BCUT2D eigenvalue weighted by molar-refractivity contribution is 0.0681. The van der Waals surface area contributed by atoms with E-state index in [-0.39, 0.29) is 22.9 Å². The number of hydrogen-bond donors (Lipinski definition) is 1. The molecule has 1 fully saturated rings. The molecule has 1 atom stereocenters. The molecule has 0 saturated carbocycles. The first-order valence-corrected chi connectivity index (χ1v) is 11.9. The van der Waals surface area contributed by atoms with E-state index in [1.54, 1.807) is 33.1 Å². The predicted octanol–water partition coefficient (Wildman–Crippen LogP) is 4.14. The summed E-state index contributed by atoms with van der Waals surface area (Å²) < 4.78 is 32.5. The highest BCUT2D eigenvalue weighted by molar-refractivity contribution is 7.89. The molecule has 7 heteroatoms. The number of nitrogens with one attached hydrogen (secondary N) is 1. The number of carbonyl (C=O) groups excluding carboxylic acids is 1. The zero-order chi connectivity index (χ0) is 21.7. The number of carbonyl (C=O) groups is 1. The van der Waals surface area contributed by atoms with E-state index in [1.807, 2.05) is 29.2 Å². The van der Waals surface area contributed by atoms with Crippen LogP contribution < -0.4 is 9.46 Å². The van der Waals surface area contributed by atoms with Crippen LogP contribution in [0.5, 0.6) is 5.75 Å². The van der Waals surface area contributed by atoms with Gasteiger partial charge in [0.1, 0.15) is 5.75 Å². The van der Waals surface area contributed by atoms with Gasteiger partial charge in [-0.2, -0.15) is 0 Å². The molecule has 0 radical (unpaired) electrons. The number of methoxy groups -OCH3 is 1. The zero-order valence-corrected chi connectivity index (χ0v) is 18.6. The minimum absolute atomic E-state index is 0.00285.